The largest absolute Gasteiger partial charge is 0.268 e. The fourth-order valence-corrected chi connectivity index (χ4v) is 3.51. The third-order valence-corrected chi connectivity index (χ3v) is 4.85. The average Bonchev–Trinajstić information content (AvgIpc) is 2.63. The highest BCUT2D eigenvalue weighted by molar-refractivity contribution is 9.10. The Bertz CT molecular complexity index is 549. The van der Waals surface area contributed by atoms with E-state index >= 15 is 0 Å². The van der Waals surface area contributed by atoms with Crippen LogP contribution in [0.4, 0.5) is 0 Å². The zero-order chi connectivity index (χ0) is 13.1. The van der Waals surface area contributed by atoms with Crippen LogP contribution in [-0.2, 0) is 12.3 Å². The van der Waals surface area contributed by atoms with Crippen molar-refractivity contribution in [3.8, 4) is 0 Å². The minimum atomic E-state index is 0.913. The lowest BCUT2D eigenvalue weighted by Gasteiger charge is -2.06. The SMILES string of the molecule is CCn1nc(C)c(Br)c1CSc1cccc(C)c1. The predicted molar refractivity (Wildman–Crippen MR) is 81.1 cm³/mol. The molecule has 0 radical (unpaired) electrons. The maximum atomic E-state index is 4.51. The van der Waals surface area contributed by atoms with Gasteiger partial charge in [0.05, 0.1) is 15.9 Å². The summed E-state index contributed by atoms with van der Waals surface area (Å²) in [5.41, 5.74) is 3.64. The Kier molecular flexibility index (Phi) is 4.51. The average molecular weight is 325 g/mol. The first-order valence-electron chi connectivity index (χ1n) is 6.03. The van der Waals surface area contributed by atoms with E-state index in [0.717, 1.165) is 22.5 Å². The van der Waals surface area contributed by atoms with Crippen LogP contribution in [0.5, 0.6) is 0 Å². The van der Waals surface area contributed by atoms with Crippen LogP contribution in [0.2, 0.25) is 0 Å². The standard InChI is InChI=1S/C14H17BrN2S/c1-4-17-13(14(15)11(3)16-17)9-18-12-7-5-6-10(2)8-12/h5-8H,4,9H2,1-3H3. The molecule has 0 saturated carbocycles. The lowest BCUT2D eigenvalue weighted by Crippen LogP contribution is -2.01. The molecule has 96 valence electrons. The van der Waals surface area contributed by atoms with Crippen LogP contribution >= 0.6 is 27.7 Å². The Morgan fingerprint density at radius 3 is 2.78 bits per heavy atom. The van der Waals surface area contributed by atoms with Crippen molar-refractivity contribution in [1.82, 2.24) is 9.78 Å². The van der Waals surface area contributed by atoms with E-state index in [4.69, 9.17) is 0 Å². The van der Waals surface area contributed by atoms with Crippen molar-refractivity contribution in [2.75, 3.05) is 0 Å². The number of rotatable bonds is 4. The molecule has 0 atom stereocenters. The normalized spacial score (nSPS) is 10.9. The first-order chi connectivity index (χ1) is 8.61. The Morgan fingerprint density at radius 1 is 1.33 bits per heavy atom. The van der Waals surface area contributed by atoms with Crippen molar-refractivity contribution in [1.29, 1.82) is 0 Å². The summed E-state index contributed by atoms with van der Waals surface area (Å²) in [4.78, 5) is 1.31. The van der Waals surface area contributed by atoms with E-state index in [2.05, 4.69) is 63.8 Å². The molecule has 4 heteroatoms. The van der Waals surface area contributed by atoms with E-state index in [0.29, 0.717) is 0 Å². The van der Waals surface area contributed by atoms with Gasteiger partial charge in [0.1, 0.15) is 0 Å². The molecule has 1 aromatic heterocycles. The molecule has 2 rings (SSSR count). The van der Waals surface area contributed by atoms with Crippen LogP contribution in [0.25, 0.3) is 0 Å². The second-order valence-electron chi connectivity index (χ2n) is 4.27. The molecule has 0 aliphatic heterocycles. The second-order valence-corrected chi connectivity index (χ2v) is 6.11. The van der Waals surface area contributed by atoms with Crippen LogP contribution in [-0.4, -0.2) is 9.78 Å². The monoisotopic (exact) mass is 324 g/mol. The number of halogens is 1. The Hall–Kier alpha value is -0.740. The number of hydrogen-bond acceptors (Lipinski definition) is 2. The summed E-state index contributed by atoms with van der Waals surface area (Å²) in [6.45, 7) is 7.20. The number of hydrogen-bond donors (Lipinski definition) is 0. The van der Waals surface area contributed by atoms with Crippen molar-refractivity contribution >= 4 is 27.7 Å². The van der Waals surface area contributed by atoms with E-state index in [9.17, 15) is 0 Å². The van der Waals surface area contributed by atoms with Crippen molar-refractivity contribution in [2.45, 2.75) is 38.0 Å². The lowest BCUT2D eigenvalue weighted by molar-refractivity contribution is 0.631. The molecule has 0 amide bonds. The molecule has 2 nitrogen and oxygen atoms in total. The van der Waals surface area contributed by atoms with Crippen molar-refractivity contribution in [2.24, 2.45) is 0 Å². The molecular weight excluding hydrogens is 308 g/mol. The molecule has 1 aromatic carbocycles. The quantitative estimate of drug-likeness (QED) is 0.766. The number of aryl methyl sites for hydroxylation is 3. The molecule has 0 aliphatic carbocycles. The van der Waals surface area contributed by atoms with Crippen molar-refractivity contribution in [3.63, 3.8) is 0 Å². The third-order valence-electron chi connectivity index (χ3n) is 2.82. The lowest BCUT2D eigenvalue weighted by atomic mass is 10.2. The van der Waals surface area contributed by atoms with E-state index in [1.54, 1.807) is 0 Å². The smallest absolute Gasteiger partial charge is 0.0739 e. The van der Waals surface area contributed by atoms with Gasteiger partial charge in [-0.25, -0.2) is 0 Å². The van der Waals surface area contributed by atoms with Crippen molar-refractivity contribution in [3.05, 3.63) is 45.7 Å². The highest BCUT2D eigenvalue weighted by Gasteiger charge is 2.12. The van der Waals surface area contributed by atoms with Gasteiger partial charge < -0.3 is 0 Å². The van der Waals surface area contributed by atoms with Gasteiger partial charge in [-0.2, -0.15) is 5.10 Å². The number of thioether (sulfide) groups is 1. The summed E-state index contributed by atoms with van der Waals surface area (Å²) in [6, 6.07) is 8.61. The number of aromatic nitrogens is 2. The molecule has 0 saturated heterocycles. The van der Waals surface area contributed by atoms with Gasteiger partial charge in [-0.1, -0.05) is 17.7 Å². The third kappa shape index (κ3) is 2.98. The number of benzene rings is 1. The van der Waals surface area contributed by atoms with Gasteiger partial charge in [0.25, 0.3) is 0 Å². The Labute approximate surface area is 121 Å². The first-order valence-corrected chi connectivity index (χ1v) is 7.81. The van der Waals surface area contributed by atoms with E-state index in [-0.39, 0.29) is 0 Å². The van der Waals surface area contributed by atoms with Crippen LogP contribution < -0.4 is 0 Å². The molecule has 18 heavy (non-hydrogen) atoms. The van der Waals surface area contributed by atoms with E-state index < -0.39 is 0 Å². The van der Waals surface area contributed by atoms with Gasteiger partial charge in [-0.15, -0.1) is 11.8 Å². The van der Waals surface area contributed by atoms with Gasteiger partial charge in [0.2, 0.25) is 0 Å². The van der Waals surface area contributed by atoms with Gasteiger partial charge >= 0.3 is 0 Å². The fraction of sp³-hybridized carbons (Fsp3) is 0.357. The molecule has 0 bridgehead atoms. The molecule has 0 spiro atoms. The van der Waals surface area contributed by atoms with Gasteiger partial charge in [0, 0.05) is 17.2 Å². The van der Waals surface area contributed by atoms with Crippen LogP contribution in [0, 0.1) is 13.8 Å². The molecular formula is C14H17BrN2S. The van der Waals surface area contributed by atoms with Gasteiger partial charge in [-0.05, 0) is 48.8 Å². The molecule has 1 heterocycles. The van der Waals surface area contributed by atoms with Crippen LogP contribution in [0.1, 0.15) is 23.9 Å². The molecule has 0 N–H and O–H groups in total. The highest BCUT2D eigenvalue weighted by Crippen LogP contribution is 2.29. The highest BCUT2D eigenvalue weighted by atomic mass is 79.9. The summed E-state index contributed by atoms with van der Waals surface area (Å²) in [6.07, 6.45) is 0. The molecule has 0 aliphatic rings. The predicted octanol–water partition coefficient (Wildman–Crippen LogP) is 4.57. The van der Waals surface area contributed by atoms with Crippen LogP contribution in [0.15, 0.2) is 33.6 Å². The van der Waals surface area contributed by atoms with E-state index in [1.807, 2.05) is 18.7 Å². The van der Waals surface area contributed by atoms with Crippen molar-refractivity contribution < 1.29 is 0 Å². The summed E-state index contributed by atoms with van der Waals surface area (Å²) >= 11 is 5.49. The number of nitrogens with zero attached hydrogens (tertiary/aromatic N) is 2. The van der Waals surface area contributed by atoms with Gasteiger partial charge in [-0.3, -0.25) is 4.68 Å². The first kappa shape index (κ1) is 13.7. The second kappa shape index (κ2) is 5.93. The zero-order valence-corrected chi connectivity index (χ0v) is 13.3. The Morgan fingerprint density at radius 2 is 2.11 bits per heavy atom. The molecule has 0 fully saturated rings. The molecule has 2 aromatic rings. The topological polar surface area (TPSA) is 17.8 Å². The summed E-state index contributed by atoms with van der Waals surface area (Å²) in [5, 5.41) is 4.51. The minimum absolute atomic E-state index is 0.913. The fourth-order valence-electron chi connectivity index (χ4n) is 1.86. The Balaban J connectivity index is 2.15. The van der Waals surface area contributed by atoms with Crippen LogP contribution in [0.3, 0.4) is 0 Å². The summed E-state index contributed by atoms with van der Waals surface area (Å²) in [5.74, 6) is 0.943. The maximum Gasteiger partial charge on any atom is 0.0739 e. The van der Waals surface area contributed by atoms with E-state index in [1.165, 1.54) is 16.2 Å². The summed E-state index contributed by atoms with van der Waals surface area (Å²) < 4.78 is 3.21. The molecule has 0 unspecified atom stereocenters. The summed E-state index contributed by atoms with van der Waals surface area (Å²) in [7, 11) is 0. The minimum Gasteiger partial charge on any atom is -0.268 e. The zero-order valence-electron chi connectivity index (χ0n) is 10.9. The van der Waals surface area contributed by atoms with Gasteiger partial charge in [0.15, 0.2) is 0 Å². The maximum absolute atomic E-state index is 4.51.